The molecule has 0 bridgehead atoms. The van der Waals surface area contributed by atoms with Crippen LogP contribution in [0.15, 0.2) is 43.0 Å². The van der Waals surface area contributed by atoms with Crippen molar-refractivity contribution in [3.8, 4) is 0 Å². The lowest BCUT2D eigenvalue weighted by Gasteiger charge is -2.26. The third kappa shape index (κ3) is 9.67. The zero-order valence-corrected chi connectivity index (χ0v) is 16.9. The van der Waals surface area contributed by atoms with Crippen molar-refractivity contribution in [1.82, 2.24) is 10.6 Å². The highest BCUT2D eigenvalue weighted by atomic mass is 16.5. The average Bonchev–Trinajstić information content (AvgIpc) is 2.73. The molecule has 29 heavy (non-hydrogen) atoms. The predicted octanol–water partition coefficient (Wildman–Crippen LogP) is 0.559. The van der Waals surface area contributed by atoms with Gasteiger partial charge in [0.05, 0.1) is 38.4 Å². The first-order chi connectivity index (χ1) is 14.0. The number of benzene rings is 1. The average molecular weight is 408 g/mol. The van der Waals surface area contributed by atoms with E-state index < -0.39 is 18.1 Å². The van der Waals surface area contributed by atoms with Gasteiger partial charge in [-0.3, -0.25) is 9.59 Å². The molecular weight excluding hydrogens is 376 g/mol. The minimum absolute atomic E-state index is 0.0149. The minimum atomic E-state index is -0.943. The largest absolute Gasteiger partial charge is 0.394 e. The number of rotatable bonds is 15. The van der Waals surface area contributed by atoms with Gasteiger partial charge in [-0.1, -0.05) is 36.4 Å². The van der Waals surface area contributed by atoms with E-state index in [-0.39, 0.29) is 44.7 Å². The number of hydrogen-bond donors (Lipinski definition) is 4. The number of methoxy groups -OCH3 is 1. The Balaban J connectivity index is 2.65. The number of nitrogens with one attached hydrogen (secondary N) is 2. The molecule has 8 nitrogen and oxygen atoms in total. The van der Waals surface area contributed by atoms with Crippen LogP contribution in [0.5, 0.6) is 0 Å². The molecule has 0 fully saturated rings. The summed E-state index contributed by atoms with van der Waals surface area (Å²) in [5, 5.41) is 24.7. The Morgan fingerprint density at radius 2 is 1.97 bits per heavy atom. The number of carbonyl (C=O) groups excluding carboxylic acids is 2. The van der Waals surface area contributed by atoms with Gasteiger partial charge in [-0.2, -0.15) is 0 Å². The quantitative estimate of drug-likeness (QED) is 0.249. The summed E-state index contributed by atoms with van der Waals surface area (Å²) >= 11 is 0. The molecule has 1 aromatic rings. The first-order valence-corrected chi connectivity index (χ1v) is 9.62. The van der Waals surface area contributed by atoms with Crippen molar-refractivity contribution in [2.45, 2.75) is 25.0 Å². The summed E-state index contributed by atoms with van der Waals surface area (Å²) in [6.45, 7) is 4.48. The highest BCUT2D eigenvalue weighted by Gasteiger charge is 2.27. The van der Waals surface area contributed by atoms with Gasteiger partial charge >= 0.3 is 0 Å². The molecule has 1 aromatic carbocycles. The smallest absolute Gasteiger partial charge is 0.224 e. The molecule has 0 radical (unpaired) electrons. The van der Waals surface area contributed by atoms with Crippen LogP contribution >= 0.6 is 0 Å². The van der Waals surface area contributed by atoms with Crippen molar-refractivity contribution in [3.63, 3.8) is 0 Å². The number of allylic oxidation sites excluding steroid dienone is 1. The van der Waals surface area contributed by atoms with Crippen molar-refractivity contribution in [3.05, 3.63) is 48.6 Å². The van der Waals surface area contributed by atoms with Gasteiger partial charge in [0.2, 0.25) is 11.8 Å². The highest BCUT2D eigenvalue weighted by Crippen LogP contribution is 2.18. The van der Waals surface area contributed by atoms with Crippen LogP contribution in [0.2, 0.25) is 0 Å². The van der Waals surface area contributed by atoms with E-state index in [2.05, 4.69) is 17.2 Å². The fourth-order valence-electron chi connectivity index (χ4n) is 2.78. The maximum atomic E-state index is 12.7. The standard InChI is InChI=1S/C21H32N2O6/c1-3-7-17(14-19(25)22-10-12-29-13-11-24)21(27)23-18(15-28-2)20(26)16-8-5-4-6-9-16/h3-6,8-9,17-18,20,24,26H,1,7,10-15H2,2H3,(H,22,25)(H,23,27)/t17-,18+,20+/m1/s1. The second-order valence-corrected chi connectivity index (χ2v) is 6.54. The van der Waals surface area contributed by atoms with Crippen molar-refractivity contribution >= 4 is 11.8 Å². The Morgan fingerprint density at radius 1 is 1.24 bits per heavy atom. The van der Waals surface area contributed by atoms with E-state index in [1.54, 1.807) is 30.3 Å². The Bertz CT molecular complexity index is 610. The van der Waals surface area contributed by atoms with Crippen LogP contribution < -0.4 is 10.6 Å². The van der Waals surface area contributed by atoms with E-state index in [1.807, 2.05) is 6.07 Å². The fourth-order valence-corrected chi connectivity index (χ4v) is 2.78. The number of amides is 2. The molecule has 0 spiro atoms. The normalized spacial score (nSPS) is 13.9. The van der Waals surface area contributed by atoms with Crippen LogP contribution in [0, 0.1) is 5.92 Å². The topological polar surface area (TPSA) is 117 Å². The molecule has 0 aromatic heterocycles. The van der Waals surface area contributed by atoms with Gasteiger partial charge in [0, 0.05) is 20.1 Å². The number of ether oxygens (including phenoxy) is 2. The summed E-state index contributed by atoms with van der Waals surface area (Å²) in [5.41, 5.74) is 0.663. The summed E-state index contributed by atoms with van der Waals surface area (Å²) in [7, 11) is 1.49. The van der Waals surface area contributed by atoms with E-state index in [0.29, 0.717) is 18.5 Å². The van der Waals surface area contributed by atoms with E-state index in [4.69, 9.17) is 14.6 Å². The lowest BCUT2D eigenvalue weighted by molar-refractivity contribution is -0.131. The van der Waals surface area contributed by atoms with Crippen LogP contribution in [0.25, 0.3) is 0 Å². The molecule has 0 heterocycles. The molecule has 3 atom stereocenters. The Morgan fingerprint density at radius 3 is 2.59 bits per heavy atom. The van der Waals surface area contributed by atoms with E-state index >= 15 is 0 Å². The summed E-state index contributed by atoms with van der Waals surface area (Å²) in [6, 6.07) is 8.34. The zero-order valence-electron chi connectivity index (χ0n) is 16.9. The van der Waals surface area contributed by atoms with Crippen LogP contribution in [-0.4, -0.2) is 68.2 Å². The molecule has 0 unspecified atom stereocenters. The molecule has 0 aliphatic heterocycles. The Labute approximate surface area is 171 Å². The van der Waals surface area contributed by atoms with E-state index in [1.165, 1.54) is 7.11 Å². The predicted molar refractivity (Wildman–Crippen MR) is 109 cm³/mol. The molecule has 4 N–H and O–H groups in total. The summed E-state index contributed by atoms with van der Waals surface area (Å²) in [4.78, 5) is 24.9. The minimum Gasteiger partial charge on any atom is -0.394 e. The second-order valence-electron chi connectivity index (χ2n) is 6.54. The van der Waals surface area contributed by atoms with Crippen molar-refractivity contribution in [1.29, 1.82) is 0 Å². The molecule has 2 amide bonds. The summed E-state index contributed by atoms with van der Waals surface area (Å²) in [6.07, 6.45) is 0.947. The molecule has 0 saturated heterocycles. The summed E-state index contributed by atoms with van der Waals surface area (Å²) in [5.74, 6) is -1.26. The van der Waals surface area contributed by atoms with Gasteiger partial charge < -0.3 is 30.3 Å². The third-order valence-electron chi connectivity index (χ3n) is 4.25. The van der Waals surface area contributed by atoms with Gasteiger partial charge in [-0.25, -0.2) is 0 Å². The SMILES string of the molecule is C=CC[C@H](CC(=O)NCCOCCO)C(=O)N[C@@H](COC)[C@@H](O)c1ccccc1. The van der Waals surface area contributed by atoms with E-state index in [9.17, 15) is 14.7 Å². The lowest BCUT2D eigenvalue weighted by Crippen LogP contribution is -2.45. The van der Waals surface area contributed by atoms with Gasteiger partial charge in [0.15, 0.2) is 0 Å². The van der Waals surface area contributed by atoms with Gasteiger partial charge in [0.25, 0.3) is 0 Å². The number of aliphatic hydroxyl groups excluding tert-OH is 2. The first kappa shape index (κ1) is 24.8. The monoisotopic (exact) mass is 408 g/mol. The molecule has 8 heteroatoms. The zero-order chi connectivity index (χ0) is 21.5. The van der Waals surface area contributed by atoms with E-state index in [0.717, 1.165) is 0 Å². The summed E-state index contributed by atoms with van der Waals surface area (Å²) < 4.78 is 10.2. The molecule has 0 aliphatic rings. The molecule has 0 saturated carbocycles. The van der Waals surface area contributed by atoms with Crippen molar-refractivity contribution in [2.75, 3.05) is 40.1 Å². The maximum Gasteiger partial charge on any atom is 0.224 e. The fraction of sp³-hybridized carbons (Fsp3) is 0.524. The van der Waals surface area contributed by atoms with Crippen molar-refractivity contribution in [2.24, 2.45) is 5.92 Å². The van der Waals surface area contributed by atoms with Gasteiger partial charge in [0.1, 0.15) is 6.10 Å². The number of hydrogen-bond acceptors (Lipinski definition) is 6. The molecule has 0 aliphatic carbocycles. The molecular formula is C21H32N2O6. The Hall–Kier alpha value is -2.26. The van der Waals surface area contributed by atoms with Crippen LogP contribution in [0.3, 0.4) is 0 Å². The third-order valence-corrected chi connectivity index (χ3v) is 4.25. The molecule has 1 rings (SSSR count). The van der Waals surface area contributed by atoms with Crippen LogP contribution in [0.4, 0.5) is 0 Å². The van der Waals surface area contributed by atoms with Crippen LogP contribution in [-0.2, 0) is 19.1 Å². The van der Waals surface area contributed by atoms with Gasteiger partial charge in [-0.15, -0.1) is 6.58 Å². The molecule has 162 valence electrons. The first-order valence-electron chi connectivity index (χ1n) is 9.62. The lowest BCUT2D eigenvalue weighted by atomic mass is 9.97. The number of carbonyl (C=O) groups is 2. The highest BCUT2D eigenvalue weighted by molar-refractivity contribution is 5.86. The van der Waals surface area contributed by atoms with Crippen LogP contribution in [0.1, 0.15) is 24.5 Å². The van der Waals surface area contributed by atoms with Crippen molar-refractivity contribution < 1.29 is 29.3 Å². The number of aliphatic hydroxyl groups is 2. The Kier molecular flexibility index (Phi) is 12.6. The second kappa shape index (κ2) is 14.7. The van der Waals surface area contributed by atoms with Gasteiger partial charge in [-0.05, 0) is 12.0 Å². The maximum absolute atomic E-state index is 12.7.